The average molecular weight is 387 g/mol. The number of methoxy groups -OCH3 is 2. The van der Waals surface area contributed by atoms with E-state index in [0.717, 1.165) is 25.7 Å². The van der Waals surface area contributed by atoms with Gasteiger partial charge in [0.15, 0.2) is 0 Å². The molecule has 1 fully saturated rings. The molecule has 146 valence electrons. The van der Waals surface area contributed by atoms with Crippen LogP contribution in [0, 0.1) is 0 Å². The summed E-state index contributed by atoms with van der Waals surface area (Å²) in [6.07, 6.45) is 3.31. The standard InChI is InChI=1S/C17H25NO7S/c1-23-14-6-5-13(16(20)24-2)11-15(14)26(21,22)18-12-17(25-10-9-19)7-3-4-8-17/h5-6,11,18-19H,3-4,7-10,12H2,1-2H3. The SMILES string of the molecule is COC(=O)c1ccc(OC)c(S(=O)(=O)NCC2(OCCO)CCCC2)c1. The van der Waals surface area contributed by atoms with E-state index in [4.69, 9.17) is 14.6 Å². The Balaban J connectivity index is 2.24. The average Bonchev–Trinajstić information content (AvgIpc) is 3.13. The fourth-order valence-electron chi connectivity index (χ4n) is 3.09. The number of carbonyl (C=O) groups excluding carboxylic acids is 1. The van der Waals surface area contributed by atoms with Gasteiger partial charge in [0.05, 0.1) is 38.6 Å². The normalized spacial score (nSPS) is 16.4. The molecule has 0 heterocycles. The molecule has 26 heavy (non-hydrogen) atoms. The lowest BCUT2D eigenvalue weighted by atomic mass is 10.0. The molecule has 1 aliphatic carbocycles. The molecular formula is C17H25NO7S. The van der Waals surface area contributed by atoms with Gasteiger partial charge in [-0.2, -0.15) is 0 Å². The van der Waals surface area contributed by atoms with Crippen LogP contribution in [0.4, 0.5) is 0 Å². The van der Waals surface area contributed by atoms with Crippen LogP contribution >= 0.6 is 0 Å². The van der Waals surface area contributed by atoms with Gasteiger partial charge in [-0.3, -0.25) is 0 Å². The smallest absolute Gasteiger partial charge is 0.337 e. The van der Waals surface area contributed by atoms with E-state index in [-0.39, 0.29) is 36.0 Å². The second-order valence-electron chi connectivity index (χ2n) is 6.14. The number of hydrogen-bond donors (Lipinski definition) is 2. The third-order valence-corrected chi connectivity index (χ3v) is 5.90. The van der Waals surface area contributed by atoms with E-state index in [1.165, 1.54) is 32.4 Å². The zero-order chi connectivity index (χ0) is 19.2. The second kappa shape index (κ2) is 8.81. The van der Waals surface area contributed by atoms with Crippen molar-refractivity contribution in [1.82, 2.24) is 4.72 Å². The largest absolute Gasteiger partial charge is 0.495 e. The molecule has 0 amide bonds. The van der Waals surface area contributed by atoms with E-state index < -0.39 is 21.6 Å². The quantitative estimate of drug-likeness (QED) is 0.610. The summed E-state index contributed by atoms with van der Waals surface area (Å²) in [6.45, 7) is 0.118. The third kappa shape index (κ3) is 4.73. The number of hydrogen-bond acceptors (Lipinski definition) is 7. The fraction of sp³-hybridized carbons (Fsp3) is 0.588. The first-order valence-electron chi connectivity index (χ1n) is 8.38. The summed E-state index contributed by atoms with van der Waals surface area (Å²) in [4.78, 5) is 11.6. The van der Waals surface area contributed by atoms with Crippen molar-refractivity contribution in [2.24, 2.45) is 0 Å². The van der Waals surface area contributed by atoms with Gasteiger partial charge < -0.3 is 19.3 Å². The van der Waals surface area contributed by atoms with Crippen molar-refractivity contribution in [2.75, 3.05) is 34.0 Å². The van der Waals surface area contributed by atoms with Crippen molar-refractivity contribution in [2.45, 2.75) is 36.2 Å². The molecule has 0 spiro atoms. The maximum absolute atomic E-state index is 12.8. The lowest BCUT2D eigenvalue weighted by molar-refractivity contribution is -0.0492. The Kier molecular flexibility index (Phi) is 6.99. The Morgan fingerprint density at radius 1 is 1.27 bits per heavy atom. The lowest BCUT2D eigenvalue weighted by Crippen LogP contribution is -2.43. The Hall–Kier alpha value is -1.68. The maximum Gasteiger partial charge on any atom is 0.337 e. The predicted octanol–water partition coefficient (Wildman–Crippen LogP) is 1.08. The molecular weight excluding hydrogens is 362 g/mol. The highest BCUT2D eigenvalue weighted by atomic mass is 32.2. The first-order chi connectivity index (χ1) is 12.4. The van der Waals surface area contributed by atoms with Crippen LogP contribution in [-0.2, 0) is 19.5 Å². The molecule has 0 radical (unpaired) electrons. The molecule has 0 saturated heterocycles. The Morgan fingerprint density at radius 3 is 2.54 bits per heavy atom. The van der Waals surface area contributed by atoms with Gasteiger partial charge in [-0.15, -0.1) is 0 Å². The van der Waals surface area contributed by atoms with E-state index in [1.807, 2.05) is 0 Å². The van der Waals surface area contributed by atoms with Crippen LogP contribution in [0.15, 0.2) is 23.1 Å². The van der Waals surface area contributed by atoms with Gasteiger partial charge >= 0.3 is 5.97 Å². The minimum atomic E-state index is -3.94. The third-order valence-electron chi connectivity index (χ3n) is 4.47. The second-order valence-corrected chi connectivity index (χ2v) is 7.88. The van der Waals surface area contributed by atoms with Crippen LogP contribution in [0.3, 0.4) is 0 Å². The highest BCUT2D eigenvalue weighted by Gasteiger charge is 2.36. The van der Waals surface area contributed by atoms with E-state index in [2.05, 4.69) is 9.46 Å². The van der Waals surface area contributed by atoms with Gasteiger partial charge in [-0.1, -0.05) is 12.8 Å². The molecule has 8 nitrogen and oxygen atoms in total. The van der Waals surface area contributed by atoms with E-state index >= 15 is 0 Å². The van der Waals surface area contributed by atoms with Crippen molar-refractivity contribution in [1.29, 1.82) is 0 Å². The molecule has 1 saturated carbocycles. The minimum Gasteiger partial charge on any atom is -0.495 e. The molecule has 0 aliphatic heterocycles. The summed E-state index contributed by atoms with van der Waals surface area (Å²) in [6, 6.07) is 4.07. The molecule has 0 bridgehead atoms. The number of benzene rings is 1. The minimum absolute atomic E-state index is 0.0843. The number of nitrogens with one attached hydrogen (secondary N) is 1. The topological polar surface area (TPSA) is 111 Å². The Morgan fingerprint density at radius 2 is 1.96 bits per heavy atom. The van der Waals surface area contributed by atoms with Gasteiger partial charge in [0.25, 0.3) is 0 Å². The highest BCUT2D eigenvalue weighted by molar-refractivity contribution is 7.89. The van der Waals surface area contributed by atoms with E-state index in [1.54, 1.807) is 0 Å². The molecule has 0 unspecified atom stereocenters. The summed E-state index contributed by atoms with van der Waals surface area (Å²) in [5.41, 5.74) is -0.510. The molecule has 1 aromatic carbocycles. The summed E-state index contributed by atoms with van der Waals surface area (Å²) >= 11 is 0. The van der Waals surface area contributed by atoms with E-state index in [9.17, 15) is 13.2 Å². The van der Waals surface area contributed by atoms with Crippen LogP contribution in [-0.4, -0.2) is 59.1 Å². The number of carbonyl (C=O) groups is 1. The van der Waals surface area contributed by atoms with Crippen molar-refractivity contribution in [3.63, 3.8) is 0 Å². The van der Waals surface area contributed by atoms with Crippen molar-refractivity contribution >= 4 is 16.0 Å². The van der Waals surface area contributed by atoms with Crippen molar-refractivity contribution in [3.8, 4) is 5.75 Å². The zero-order valence-corrected chi connectivity index (χ0v) is 15.8. The van der Waals surface area contributed by atoms with Crippen molar-refractivity contribution < 1.29 is 32.5 Å². The summed E-state index contributed by atoms with van der Waals surface area (Å²) in [5, 5.41) is 9.00. The van der Waals surface area contributed by atoms with Crippen LogP contribution in [0.5, 0.6) is 5.75 Å². The molecule has 0 aromatic heterocycles. The lowest BCUT2D eigenvalue weighted by Gasteiger charge is -2.29. The van der Waals surface area contributed by atoms with Gasteiger partial charge in [-0.25, -0.2) is 17.9 Å². The van der Waals surface area contributed by atoms with Gasteiger partial charge in [-0.05, 0) is 31.0 Å². The number of aliphatic hydroxyl groups excluding tert-OH is 1. The number of sulfonamides is 1. The number of rotatable bonds is 9. The summed E-state index contributed by atoms with van der Waals surface area (Å²) < 4.78 is 43.6. The van der Waals surface area contributed by atoms with Gasteiger partial charge in [0, 0.05) is 6.54 Å². The summed E-state index contributed by atoms with van der Waals surface area (Å²) in [5.74, 6) is -0.510. The maximum atomic E-state index is 12.8. The molecule has 2 rings (SSSR count). The highest BCUT2D eigenvalue weighted by Crippen LogP contribution is 2.33. The van der Waals surface area contributed by atoms with E-state index in [0.29, 0.717) is 0 Å². The number of ether oxygens (including phenoxy) is 3. The Labute approximate surface area is 153 Å². The fourth-order valence-corrected chi connectivity index (χ4v) is 4.40. The molecule has 2 N–H and O–H groups in total. The van der Waals surface area contributed by atoms with Crippen LogP contribution in [0.1, 0.15) is 36.0 Å². The molecule has 0 atom stereocenters. The predicted molar refractivity (Wildman–Crippen MR) is 93.8 cm³/mol. The van der Waals surface area contributed by atoms with Crippen LogP contribution in [0.2, 0.25) is 0 Å². The molecule has 9 heteroatoms. The number of esters is 1. The summed E-state index contributed by atoms with van der Waals surface area (Å²) in [7, 11) is -1.36. The van der Waals surface area contributed by atoms with Crippen LogP contribution < -0.4 is 9.46 Å². The Bertz CT molecular complexity index is 727. The first-order valence-corrected chi connectivity index (χ1v) is 9.86. The number of aliphatic hydroxyl groups is 1. The van der Waals surface area contributed by atoms with Crippen molar-refractivity contribution in [3.05, 3.63) is 23.8 Å². The molecule has 1 aromatic rings. The van der Waals surface area contributed by atoms with Gasteiger partial charge in [0.1, 0.15) is 10.6 Å². The monoisotopic (exact) mass is 387 g/mol. The first kappa shape index (κ1) is 20.6. The van der Waals surface area contributed by atoms with Gasteiger partial charge in [0.2, 0.25) is 10.0 Å². The molecule has 1 aliphatic rings. The zero-order valence-electron chi connectivity index (χ0n) is 15.0. The van der Waals surface area contributed by atoms with Crippen LogP contribution in [0.25, 0.3) is 0 Å².